The maximum atomic E-state index is 3.69. The minimum Gasteiger partial charge on any atom is -0.107 e. The molecule has 0 saturated heterocycles. The van der Waals surface area contributed by atoms with Crippen molar-refractivity contribution in [1.82, 2.24) is 0 Å². The Labute approximate surface area is 162 Å². The van der Waals surface area contributed by atoms with Gasteiger partial charge in [-0.05, 0) is 49.2 Å². The van der Waals surface area contributed by atoms with Crippen LogP contribution < -0.4 is 10.6 Å². The zero-order valence-electron chi connectivity index (χ0n) is 13.7. The first-order valence-corrected chi connectivity index (χ1v) is 9.90. The van der Waals surface area contributed by atoms with Crippen molar-refractivity contribution in [3.63, 3.8) is 0 Å². The lowest BCUT2D eigenvalue weighted by Crippen LogP contribution is -2.22. The van der Waals surface area contributed by atoms with Gasteiger partial charge in [-0.25, -0.2) is 0 Å². The van der Waals surface area contributed by atoms with Crippen LogP contribution in [-0.2, 0) is 0 Å². The fourth-order valence-corrected chi connectivity index (χ4v) is 5.90. The van der Waals surface area contributed by atoms with Crippen molar-refractivity contribution in [3.8, 4) is 11.6 Å². The zero-order valence-corrected chi connectivity index (χ0v) is 16.9. The summed E-state index contributed by atoms with van der Waals surface area (Å²) in [5.74, 6) is 3.43. The summed E-state index contributed by atoms with van der Waals surface area (Å²) in [4.78, 5) is 0. The lowest BCUT2D eigenvalue weighted by molar-refractivity contribution is 1.49. The Bertz CT molecular complexity index is 763. The normalized spacial score (nSPS) is 10.2. The third-order valence-electron chi connectivity index (χ3n) is 4.03. The van der Waals surface area contributed by atoms with Crippen molar-refractivity contribution in [2.24, 2.45) is 0 Å². The van der Waals surface area contributed by atoms with Gasteiger partial charge in [-0.2, -0.15) is 0 Å². The first-order valence-electron chi connectivity index (χ1n) is 7.93. The van der Waals surface area contributed by atoms with E-state index in [-0.39, 0.29) is 24.0 Å². The number of hydrogen-bond donors (Lipinski definition) is 0. The van der Waals surface area contributed by atoms with E-state index in [1.54, 1.807) is 0 Å². The summed E-state index contributed by atoms with van der Waals surface area (Å²) in [6.45, 7) is 2.26. The maximum Gasteiger partial charge on any atom is 0.156 e. The van der Waals surface area contributed by atoms with Crippen LogP contribution in [0, 0.1) is 11.6 Å². The van der Waals surface area contributed by atoms with Gasteiger partial charge in [-0.1, -0.05) is 54.6 Å². The zero-order chi connectivity index (χ0) is 16.0. The van der Waals surface area contributed by atoms with Crippen molar-refractivity contribution in [3.05, 3.63) is 96.6 Å². The first-order chi connectivity index (χ1) is 11.3. The lowest BCUT2D eigenvalue weighted by atomic mass is 10.2. The van der Waals surface area contributed by atoms with Crippen molar-refractivity contribution >= 4 is 41.8 Å². The fraction of sp³-hybridized carbons (Fsp3) is 0.0909. The lowest BCUT2D eigenvalue weighted by Gasteiger charge is -2.19. The van der Waals surface area contributed by atoms with E-state index < -0.39 is 7.26 Å². The van der Waals surface area contributed by atoms with E-state index >= 15 is 0 Å². The Morgan fingerprint density at radius 2 is 1.08 bits per heavy atom. The Morgan fingerprint density at radius 3 is 1.50 bits per heavy atom. The van der Waals surface area contributed by atoms with Gasteiger partial charge in [0, 0.05) is 5.56 Å². The second-order valence-electron chi connectivity index (χ2n) is 5.40. The number of benzene rings is 3. The van der Waals surface area contributed by atoms with E-state index in [0.717, 1.165) is 11.7 Å². The van der Waals surface area contributed by atoms with E-state index in [4.69, 9.17) is 0 Å². The molecule has 0 saturated carbocycles. The quantitative estimate of drug-likeness (QED) is 0.293. The summed E-state index contributed by atoms with van der Waals surface area (Å²) < 4.78 is 0. The third kappa shape index (κ3) is 4.07. The summed E-state index contributed by atoms with van der Waals surface area (Å²) in [5, 5.41) is 2.72. The summed E-state index contributed by atoms with van der Waals surface area (Å²) >= 11 is 0. The molecule has 120 valence electrons. The summed E-state index contributed by atoms with van der Waals surface area (Å²) in [7, 11) is -1.71. The fourth-order valence-electron chi connectivity index (χ4n) is 2.77. The molecule has 0 radical (unpaired) electrons. The molecule has 0 aromatic heterocycles. The maximum absolute atomic E-state index is 3.69. The van der Waals surface area contributed by atoms with Gasteiger partial charge < -0.3 is 0 Å². The van der Waals surface area contributed by atoms with Crippen molar-refractivity contribution in [2.45, 2.75) is 6.92 Å². The highest BCUT2D eigenvalue weighted by atomic mass is 127. The number of halogens is 1. The molecule has 3 aromatic carbocycles. The van der Waals surface area contributed by atoms with E-state index in [9.17, 15) is 0 Å². The van der Waals surface area contributed by atoms with Crippen LogP contribution in [-0.4, -0.2) is 6.16 Å². The molecule has 3 rings (SSSR count). The van der Waals surface area contributed by atoms with E-state index in [0.29, 0.717) is 0 Å². The highest BCUT2D eigenvalue weighted by Gasteiger charge is 2.39. The third-order valence-corrected chi connectivity index (χ3v) is 7.83. The van der Waals surface area contributed by atoms with Gasteiger partial charge >= 0.3 is 0 Å². The van der Waals surface area contributed by atoms with Gasteiger partial charge in [0.1, 0.15) is 10.6 Å². The molecular weight excluding hydrogens is 422 g/mol. The molecule has 0 atom stereocenters. The standard InChI is InChI=1S/C22H20P.HI/c1-2-23(21-14-8-4-9-15-21,22-16-10-5-11-17-22)19-18-20-12-6-3-7-13-20;/h3-17H,2H2,1H3;1H/q+1;. The average molecular weight is 443 g/mol. The van der Waals surface area contributed by atoms with Crippen molar-refractivity contribution in [2.75, 3.05) is 6.16 Å². The summed E-state index contributed by atoms with van der Waals surface area (Å²) in [5.41, 5.74) is 4.77. The average Bonchev–Trinajstić information content (AvgIpc) is 2.65. The molecule has 0 bridgehead atoms. The molecular formula is C22H21IP+. The minimum absolute atomic E-state index is 0. The van der Waals surface area contributed by atoms with Crippen LogP contribution in [0.2, 0.25) is 0 Å². The molecule has 0 aliphatic carbocycles. The molecule has 3 aromatic rings. The molecule has 0 heterocycles. The minimum atomic E-state index is -1.71. The van der Waals surface area contributed by atoms with Gasteiger partial charge in [-0.3, -0.25) is 0 Å². The Kier molecular flexibility index (Phi) is 7.03. The van der Waals surface area contributed by atoms with E-state index in [2.05, 4.69) is 91.3 Å². The monoisotopic (exact) mass is 443 g/mol. The van der Waals surface area contributed by atoms with Crippen LogP contribution in [0.1, 0.15) is 12.5 Å². The van der Waals surface area contributed by atoms with Gasteiger partial charge in [0.15, 0.2) is 7.26 Å². The topological polar surface area (TPSA) is 0 Å². The second kappa shape index (κ2) is 9.02. The molecule has 0 fully saturated rings. The van der Waals surface area contributed by atoms with Crippen LogP contribution in [0.25, 0.3) is 0 Å². The van der Waals surface area contributed by atoms with Crippen molar-refractivity contribution in [1.29, 1.82) is 0 Å². The molecule has 2 heteroatoms. The molecule has 0 aliphatic heterocycles. The summed E-state index contributed by atoms with van der Waals surface area (Å²) in [6.07, 6.45) is 1.04. The van der Waals surface area contributed by atoms with Crippen LogP contribution in [0.15, 0.2) is 91.0 Å². The van der Waals surface area contributed by atoms with Gasteiger partial charge in [0.05, 0.1) is 11.8 Å². The smallest absolute Gasteiger partial charge is 0.107 e. The summed E-state index contributed by atoms with van der Waals surface area (Å²) in [6, 6.07) is 31.8. The first kappa shape index (κ1) is 18.7. The van der Waals surface area contributed by atoms with Gasteiger partial charge in [-0.15, -0.1) is 24.0 Å². The SMILES string of the molecule is CC[P+](C#Cc1ccccc1)(c1ccccc1)c1ccccc1.I. The van der Waals surface area contributed by atoms with Crippen LogP contribution in [0.4, 0.5) is 0 Å². The highest BCUT2D eigenvalue weighted by molar-refractivity contribution is 14.0. The van der Waals surface area contributed by atoms with Crippen LogP contribution in [0.5, 0.6) is 0 Å². The van der Waals surface area contributed by atoms with Crippen LogP contribution in [0.3, 0.4) is 0 Å². The molecule has 24 heavy (non-hydrogen) atoms. The predicted molar refractivity (Wildman–Crippen MR) is 118 cm³/mol. The highest BCUT2D eigenvalue weighted by Crippen LogP contribution is 2.55. The van der Waals surface area contributed by atoms with E-state index in [1.807, 2.05) is 18.2 Å². The number of rotatable bonds is 3. The molecule has 0 amide bonds. The Hall–Kier alpha value is -1.62. The van der Waals surface area contributed by atoms with Crippen molar-refractivity contribution < 1.29 is 0 Å². The van der Waals surface area contributed by atoms with Crippen LogP contribution >= 0.6 is 31.2 Å². The largest absolute Gasteiger partial charge is 0.156 e. The van der Waals surface area contributed by atoms with E-state index in [1.165, 1.54) is 10.6 Å². The number of hydrogen-bond acceptors (Lipinski definition) is 0. The Morgan fingerprint density at radius 1 is 0.667 bits per heavy atom. The second-order valence-corrected chi connectivity index (χ2v) is 8.91. The van der Waals surface area contributed by atoms with Gasteiger partial charge in [0.25, 0.3) is 0 Å². The molecule has 0 spiro atoms. The molecule has 0 nitrogen and oxygen atoms in total. The van der Waals surface area contributed by atoms with Gasteiger partial charge in [0.2, 0.25) is 0 Å². The Balaban J connectivity index is 0.00000208. The molecule has 0 N–H and O–H groups in total. The molecule has 0 unspecified atom stereocenters. The molecule has 0 aliphatic rings. The predicted octanol–water partition coefficient (Wildman–Crippen LogP) is 5.30.